The molecule has 2 nitrogen and oxygen atoms in total. The smallest absolute Gasteiger partial charge is 0.0127 e. The van der Waals surface area contributed by atoms with E-state index in [9.17, 15) is 0 Å². The van der Waals surface area contributed by atoms with Gasteiger partial charge in [0.2, 0.25) is 0 Å². The first-order valence-electron chi connectivity index (χ1n) is 7.07. The molecule has 2 N–H and O–H groups in total. The van der Waals surface area contributed by atoms with Crippen LogP contribution in [-0.2, 0) is 0 Å². The summed E-state index contributed by atoms with van der Waals surface area (Å²) in [7, 11) is 0. The van der Waals surface area contributed by atoms with Crippen molar-refractivity contribution in [1.29, 1.82) is 0 Å². The van der Waals surface area contributed by atoms with E-state index >= 15 is 0 Å². The average molecular weight is 224 g/mol. The fourth-order valence-corrected chi connectivity index (χ4v) is 2.89. The van der Waals surface area contributed by atoms with Gasteiger partial charge in [-0.15, -0.1) is 0 Å². The highest BCUT2D eigenvalue weighted by Gasteiger charge is 2.45. The highest BCUT2D eigenvalue weighted by molar-refractivity contribution is 5.02. The second kappa shape index (κ2) is 5.05. The fraction of sp³-hybridized carbons (Fsp3) is 1.00. The molecule has 0 aromatic rings. The van der Waals surface area contributed by atoms with Crippen molar-refractivity contribution in [3.63, 3.8) is 0 Å². The highest BCUT2D eigenvalue weighted by Crippen LogP contribution is 2.44. The summed E-state index contributed by atoms with van der Waals surface area (Å²) in [6.07, 6.45) is 8.23. The van der Waals surface area contributed by atoms with E-state index in [-0.39, 0.29) is 0 Å². The summed E-state index contributed by atoms with van der Waals surface area (Å²) in [6, 6.07) is 2.20. The Morgan fingerprint density at radius 3 is 2.75 bits per heavy atom. The van der Waals surface area contributed by atoms with Gasteiger partial charge in [-0.1, -0.05) is 26.7 Å². The summed E-state index contributed by atoms with van der Waals surface area (Å²) in [4.78, 5) is 0. The zero-order chi connectivity index (χ0) is 11.6. The third-order valence-corrected chi connectivity index (χ3v) is 4.30. The van der Waals surface area contributed by atoms with Crippen LogP contribution in [0.3, 0.4) is 0 Å². The van der Waals surface area contributed by atoms with Gasteiger partial charge in [-0.05, 0) is 44.6 Å². The molecule has 0 aromatic carbocycles. The zero-order valence-electron chi connectivity index (χ0n) is 11.2. The third-order valence-electron chi connectivity index (χ3n) is 4.30. The molecule has 2 heteroatoms. The van der Waals surface area contributed by atoms with Gasteiger partial charge in [0.05, 0.1) is 0 Å². The van der Waals surface area contributed by atoms with Crippen LogP contribution in [0.1, 0.15) is 59.3 Å². The van der Waals surface area contributed by atoms with Gasteiger partial charge >= 0.3 is 0 Å². The van der Waals surface area contributed by atoms with Crippen LogP contribution < -0.4 is 10.6 Å². The molecule has 16 heavy (non-hydrogen) atoms. The number of rotatable bonds is 4. The van der Waals surface area contributed by atoms with Gasteiger partial charge < -0.3 is 10.6 Å². The van der Waals surface area contributed by atoms with Crippen LogP contribution >= 0.6 is 0 Å². The van der Waals surface area contributed by atoms with Crippen molar-refractivity contribution >= 4 is 0 Å². The lowest BCUT2D eigenvalue weighted by Gasteiger charge is -2.22. The summed E-state index contributed by atoms with van der Waals surface area (Å²) < 4.78 is 0. The van der Waals surface area contributed by atoms with Gasteiger partial charge in [0.15, 0.2) is 0 Å². The monoisotopic (exact) mass is 224 g/mol. The van der Waals surface area contributed by atoms with Crippen LogP contribution in [0, 0.1) is 5.41 Å². The second-order valence-electron chi connectivity index (χ2n) is 6.55. The molecule has 94 valence electrons. The van der Waals surface area contributed by atoms with Crippen molar-refractivity contribution in [3.05, 3.63) is 0 Å². The molecule has 1 saturated carbocycles. The molecule has 0 aromatic heterocycles. The molecule has 1 aliphatic heterocycles. The van der Waals surface area contributed by atoms with Crippen LogP contribution in [0.5, 0.6) is 0 Å². The minimum atomic E-state index is 0.561. The van der Waals surface area contributed by atoms with Crippen molar-refractivity contribution in [2.24, 2.45) is 5.41 Å². The van der Waals surface area contributed by atoms with Crippen LogP contribution in [-0.4, -0.2) is 24.7 Å². The molecular weight excluding hydrogens is 196 g/mol. The van der Waals surface area contributed by atoms with Crippen molar-refractivity contribution in [2.75, 3.05) is 6.54 Å². The minimum Gasteiger partial charge on any atom is -0.314 e. The first-order valence-corrected chi connectivity index (χ1v) is 7.07. The number of hydrogen-bond acceptors (Lipinski definition) is 2. The topological polar surface area (TPSA) is 24.1 Å². The van der Waals surface area contributed by atoms with Crippen LogP contribution in [0.15, 0.2) is 0 Å². The molecule has 0 radical (unpaired) electrons. The van der Waals surface area contributed by atoms with Gasteiger partial charge in [-0.25, -0.2) is 0 Å². The van der Waals surface area contributed by atoms with E-state index < -0.39 is 0 Å². The molecular formula is C14H28N2. The Balaban J connectivity index is 1.67. The Morgan fingerprint density at radius 1 is 1.31 bits per heavy atom. The molecule has 1 saturated heterocycles. The van der Waals surface area contributed by atoms with Crippen LogP contribution in [0.25, 0.3) is 0 Å². The summed E-state index contributed by atoms with van der Waals surface area (Å²) >= 11 is 0. The van der Waals surface area contributed by atoms with Crippen molar-refractivity contribution < 1.29 is 0 Å². The fourth-order valence-electron chi connectivity index (χ4n) is 2.89. The van der Waals surface area contributed by atoms with Gasteiger partial charge in [0, 0.05) is 18.1 Å². The maximum Gasteiger partial charge on any atom is 0.0127 e. The molecule has 3 atom stereocenters. The summed E-state index contributed by atoms with van der Waals surface area (Å²) in [6.45, 7) is 8.30. The first-order chi connectivity index (χ1) is 7.58. The molecule has 2 fully saturated rings. The molecule has 0 bridgehead atoms. The molecule has 1 aliphatic carbocycles. The first kappa shape index (κ1) is 12.4. The Hall–Kier alpha value is -0.0800. The van der Waals surface area contributed by atoms with E-state index in [1.807, 2.05) is 0 Å². The predicted octanol–water partition coefficient (Wildman–Crippen LogP) is 2.69. The van der Waals surface area contributed by atoms with E-state index in [0.29, 0.717) is 11.5 Å². The Morgan fingerprint density at radius 2 is 2.06 bits per heavy atom. The summed E-state index contributed by atoms with van der Waals surface area (Å²) in [5.74, 6) is 0. The molecule has 2 rings (SSSR count). The maximum absolute atomic E-state index is 3.77. The van der Waals surface area contributed by atoms with Crippen LogP contribution in [0.4, 0.5) is 0 Å². The summed E-state index contributed by atoms with van der Waals surface area (Å²) in [5.41, 5.74) is 0.561. The van der Waals surface area contributed by atoms with E-state index in [1.54, 1.807) is 0 Å². The standard InChI is InChI=1S/C14H28N2/c1-11(16-13-10-14(13,2)3)9-12-7-5-4-6-8-15-12/h11-13,15-16H,4-10H2,1-3H3. The molecule has 2 aliphatic rings. The SMILES string of the molecule is CC(CC1CCCCCN1)NC1CC1(C)C. The molecule has 0 spiro atoms. The normalized spacial score (nSPS) is 35.4. The Labute approximate surface area is 101 Å². The number of hydrogen-bond donors (Lipinski definition) is 2. The van der Waals surface area contributed by atoms with Crippen molar-refractivity contribution in [1.82, 2.24) is 10.6 Å². The van der Waals surface area contributed by atoms with Crippen molar-refractivity contribution in [2.45, 2.75) is 77.4 Å². The van der Waals surface area contributed by atoms with Gasteiger partial charge in [-0.2, -0.15) is 0 Å². The predicted molar refractivity (Wildman–Crippen MR) is 69.7 cm³/mol. The Kier molecular flexibility index (Phi) is 3.91. The molecule has 0 amide bonds. The third kappa shape index (κ3) is 3.46. The molecule has 3 unspecified atom stereocenters. The van der Waals surface area contributed by atoms with Gasteiger partial charge in [0.25, 0.3) is 0 Å². The van der Waals surface area contributed by atoms with Crippen LogP contribution in [0.2, 0.25) is 0 Å². The zero-order valence-corrected chi connectivity index (χ0v) is 11.2. The maximum atomic E-state index is 3.77. The Bertz CT molecular complexity index is 217. The largest absolute Gasteiger partial charge is 0.314 e. The van der Waals surface area contributed by atoms with E-state index in [4.69, 9.17) is 0 Å². The lowest BCUT2D eigenvalue weighted by molar-refractivity contribution is 0.387. The summed E-state index contributed by atoms with van der Waals surface area (Å²) in [5, 5.41) is 7.46. The lowest BCUT2D eigenvalue weighted by atomic mass is 10.0. The lowest BCUT2D eigenvalue weighted by Crippen LogP contribution is -2.38. The number of nitrogens with one attached hydrogen (secondary N) is 2. The molecule has 1 heterocycles. The van der Waals surface area contributed by atoms with E-state index in [2.05, 4.69) is 31.4 Å². The van der Waals surface area contributed by atoms with E-state index in [1.165, 1.54) is 45.1 Å². The quantitative estimate of drug-likeness (QED) is 0.767. The van der Waals surface area contributed by atoms with E-state index in [0.717, 1.165) is 12.1 Å². The average Bonchev–Trinajstić information content (AvgIpc) is 2.86. The highest BCUT2D eigenvalue weighted by atomic mass is 15.0. The second-order valence-corrected chi connectivity index (χ2v) is 6.55. The van der Waals surface area contributed by atoms with Gasteiger partial charge in [-0.3, -0.25) is 0 Å². The van der Waals surface area contributed by atoms with Gasteiger partial charge in [0.1, 0.15) is 0 Å². The van der Waals surface area contributed by atoms with Crippen molar-refractivity contribution in [3.8, 4) is 0 Å². The minimum absolute atomic E-state index is 0.561.